The molecule has 2 rings (SSSR count). The molecule has 0 unspecified atom stereocenters. The van der Waals surface area contributed by atoms with E-state index < -0.39 is 5.82 Å². The van der Waals surface area contributed by atoms with Gasteiger partial charge in [-0.05, 0) is 41.9 Å². The predicted octanol–water partition coefficient (Wildman–Crippen LogP) is 3.26. The summed E-state index contributed by atoms with van der Waals surface area (Å²) in [6, 6.07) is 6.37. The zero-order valence-corrected chi connectivity index (χ0v) is 10.9. The maximum absolute atomic E-state index is 13.5. The fourth-order valence-corrected chi connectivity index (χ4v) is 1.91. The maximum Gasteiger partial charge on any atom is 0.143 e. The van der Waals surface area contributed by atoms with Gasteiger partial charge in [-0.1, -0.05) is 6.07 Å². The van der Waals surface area contributed by atoms with Crippen LogP contribution in [-0.2, 0) is 0 Å². The van der Waals surface area contributed by atoms with E-state index in [2.05, 4.69) is 21.0 Å². The molecule has 1 heterocycles. The number of nitriles is 1. The monoisotopic (exact) mass is 293 g/mol. The topological polar surface area (TPSA) is 41.6 Å². The average molecular weight is 294 g/mol. The zero-order valence-electron chi connectivity index (χ0n) is 9.33. The summed E-state index contributed by atoms with van der Waals surface area (Å²) in [6.07, 6.45) is 0. The smallest absolute Gasteiger partial charge is 0.143 e. The first-order valence-electron chi connectivity index (χ1n) is 4.97. The highest BCUT2D eigenvalue weighted by atomic mass is 79.9. The number of aryl methyl sites for hydroxylation is 1. The average Bonchev–Trinajstić information content (AvgIpc) is 2.56. The number of rotatable bonds is 1. The van der Waals surface area contributed by atoms with Gasteiger partial charge in [0.1, 0.15) is 17.4 Å². The highest BCUT2D eigenvalue weighted by Crippen LogP contribution is 2.25. The highest BCUT2D eigenvalue weighted by Gasteiger charge is 2.15. The Bertz CT molecular complexity index is 625. The molecule has 17 heavy (non-hydrogen) atoms. The molecule has 0 saturated heterocycles. The van der Waals surface area contributed by atoms with Gasteiger partial charge < -0.3 is 0 Å². The minimum absolute atomic E-state index is 0.00519. The van der Waals surface area contributed by atoms with Crippen LogP contribution in [0.1, 0.15) is 17.0 Å². The normalized spacial score (nSPS) is 10.3. The molecule has 5 heteroatoms. The standard InChI is InChI=1S/C12H9BrFN3/c1-7-12(13)8(2)17(16-7)11-5-3-4-10(14)9(11)6-15/h3-5H,1-2H3. The lowest BCUT2D eigenvalue weighted by molar-refractivity contribution is 0.620. The Kier molecular flexibility index (Phi) is 2.99. The van der Waals surface area contributed by atoms with Crippen molar-refractivity contribution in [1.82, 2.24) is 9.78 Å². The summed E-state index contributed by atoms with van der Waals surface area (Å²) in [4.78, 5) is 0. The minimum atomic E-state index is -0.534. The van der Waals surface area contributed by atoms with Crippen molar-refractivity contribution in [2.24, 2.45) is 0 Å². The first kappa shape index (κ1) is 11.8. The van der Waals surface area contributed by atoms with Crippen molar-refractivity contribution >= 4 is 15.9 Å². The maximum atomic E-state index is 13.5. The lowest BCUT2D eigenvalue weighted by atomic mass is 10.2. The quantitative estimate of drug-likeness (QED) is 0.810. The molecule has 1 aromatic carbocycles. The molecule has 0 bridgehead atoms. The van der Waals surface area contributed by atoms with Crippen LogP contribution in [0, 0.1) is 31.0 Å². The van der Waals surface area contributed by atoms with E-state index in [1.165, 1.54) is 6.07 Å². The van der Waals surface area contributed by atoms with E-state index in [1.807, 2.05) is 19.9 Å². The van der Waals surface area contributed by atoms with Crippen LogP contribution in [0.2, 0.25) is 0 Å². The Morgan fingerprint density at radius 2 is 2.12 bits per heavy atom. The summed E-state index contributed by atoms with van der Waals surface area (Å²) >= 11 is 3.40. The summed E-state index contributed by atoms with van der Waals surface area (Å²) in [5, 5.41) is 13.3. The Balaban J connectivity index is 2.74. The third kappa shape index (κ3) is 1.85. The zero-order chi connectivity index (χ0) is 12.6. The number of benzene rings is 1. The van der Waals surface area contributed by atoms with E-state index in [9.17, 15) is 4.39 Å². The molecular formula is C12H9BrFN3. The molecule has 0 aliphatic heterocycles. The summed E-state index contributed by atoms with van der Waals surface area (Å²) in [5.41, 5.74) is 2.10. The summed E-state index contributed by atoms with van der Waals surface area (Å²) in [7, 11) is 0. The fraction of sp³-hybridized carbons (Fsp3) is 0.167. The van der Waals surface area contributed by atoms with E-state index in [1.54, 1.807) is 16.8 Å². The van der Waals surface area contributed by atoms with Gasteiger partial charge in [-0.15, -0.1) is 0 Å². The van der Waals surface area contributed by atoms with Crippen LogP contribution in [-0.4, -0.2) is 9.78 Å². The molecular weight excluding hydrogens is 285 g/mol. The van der Waals surface area contributed by atoms with Gasteiger partial charge in [0, 0.05) is 0 Å². The largest absolute Gasteiger partial charge is 0.235 e. The molecule has 0 aliphatic rings. The van der Waals surface area contributed by atoms with Crippen molar-refractivity contribution in [2.45, 2.75) is 13.8 Å². The second-order valence-electron chi connectivity index (χ2n) is 3.64. The molecule has 0 saturated carbocycles. The fourth-order valence-electron chi connectivity index (χ4n) is 1.66. The summed E-state index contributed by atoms with van der Waals surface area (Å²) in [6.45, 7) is 3.70. The molecule has 86 valence electrons. The van der Waals surface area contributed by atoms with Gasteiger partial charge >= 0.3 is 0 Å². The molecule has 2 aromatic rings. The predicted molar refractivity (Wildman–Crippen MR) is 65.4 cm³/mol. The number of hydrogen-bond acceptors (Lipinski definition) is 2. The van der Waals surface area contributed by atoms with E-state index in [4.69, 9.17) is 5.26 Å². The van der Waals surface area contributed by atoms with Crippen LogP contribution >= 0.6 is 15.9 Å². The second-order valence-corrected chi connectivity index (χ2v) is 4.44. The second kappa shape index (κ2) is 4.30. The first-order chi connectivity index (χ1) is 8.06. The van der Waals surface area contributed by atoms with E-state index in [0.29, 0.717) is 5.69 Å². The van der Waals surface area contributed by atoms with Gasteiger partial charge in [0.25, 0.3) is 0 Å². The van der Waals surface area contributed by atoms with E-state index in [0.717, 1.165) is 15.9 Å². The number of hydrogen-bond donors (Lipinski definition) is 0. The lowest BCUT2D eigenvalue weighted by Gasteiger charge is -2.06. The van der Waals surface area contributed by atoms with Crippen LogP contribution < -0.4 is 0 Å². The third-order valence-corrected chi connectivity index (χ3v) is 3.68. The summed E-state index contributed by atoms with van der Waals surface area (Å²) in [5.74, 6) is -0.534. The van der Waals surface area contributed by atoms with Crippen LogP contribution in [0.3, 0.4) is 0 Å². The van der Waals surface area contributed by atoms with Gasteiger partial charge in [-0.2, -0.15) is 10.4 Å². The van der Waals surface area contributed by atoms with Crippen LogP contribution in [0.15, 0.2) is 22.7 Å². The van der Waals surface area contributed by atoms with Gasteiger partial charge in [0.2, 0.25) is 0 Å². The van der Waals surface area contributed by atoms with Gasteiger partial charge in [0.05, 0.1) is 21.5 Å². The van der Waals surface area contributed by atoms with Crippen molar-refractivity contribution in [1.29, 1.82) is 5.26 Å². The van der Waals surface area contributed by atoms with Crippen LogP contribution in [0.5, 0.6) is 0 Å². The number of halogens is 2. The summed E-state index contributed by atoms with van der Waals surface area (Å²) < 4.78 is 15.9. The molecule has 3 nitrogen and oxygen atoms in total. The number of aromatic nitrogens is 2. The minimum Gasteiger partial charge on any atom is -0.235 e. The molecule has 0 N–H and O–H groups in total. The van der Waals surface area contributed by atoms with Gasteiger partial charge in [0.15, 0.2) is 0 Å². The highest BCUT2D eigenvalue weighted by molar-refractivity contribution is 9.10. The van der Waals surface area contributed by atoms with E-state index >= 15 is 0 Å². The first-order valence-corrected chi connectivity index (χ1v) is 5.76. The Labute approximate surface area is 107 Å². The molecule has 0 fully saturated rings. The van der Waals surface area contributed by atoms with E-state index in [-0.39, 0.29) is 5.56 Å². The van der Waals surface area contributed by atoms with Crippen molar-refractivity contribution in [3.63, 3.8) is 0 Å². The molecule has 0 spiro atoms. The van der Waals surface area contributed by atoms with Gasteiger partial charge in [-0.25, -0.2) is 9.07 Å². The van der Waals surface area contributed by atoms with Crippen LogP contribution in [0.25, 0.3) is 5.69 Å². The Morgan fingerprint density at radius 3 is 2.65 bits per heavy atom. The van der Waals surface area contributed by atoms with Crippen molar-refractivity contribution in [3.8, 4) is 11.8 Å². The van der Waals surface area contributed by atoms with Gasteiger partial charge in [-0.3, -0.25) is 0 Å². The molecule has 1 aromatic heterocycles. The Hall–Kier alpha value is -1.67. The van der Waals surface area contributed by atoms with Crippen molar-refractivity contribution < 1.29 is 4.39 Å². The Morgan fingerprint density at radius 1 is 1.41 bits per heavy atom. The van der Waals surface area contributed by atoms with Crippen molar-refractivity contribution in [2.75, 3.05) is 0 Å². The molecule has 0 amide bonds. The number of nitrogens with zero attached hydrogens (tertiary/aromatic N) is 3. The lowest BCUT2D eigenvalue weighted by Crippen LogP contribution is -2.03. The molecule has 0 atom stereocenters. The molecule has 0 aliphatic carbocycles. The molecule has 0 radical (unpaired) electrons. The van der Waals surface area contributed by atoms with Crippen LogP contribution in [0.4, 0.5) is 4.39 Å². The third-order valence-electron chi connectivity index (χ3n) is 2.53. The van der Waals surface area contributed by atoms with Crippen molar-refractivity contribution in [3.05, 3.63) is 45.4 Å². The SMILES string of the molecule is Cc1nn(-c2cccc(F)c2C#N)c(C)c1Br.